The van der Waals surface area contributed by atoms with E-state index in [4.69, 9.17) is 16.3 Å². The molecule has 1 aromatic carbocycles. The van der Waals surface area contributed by atoms with Gasteiger partial charge in [0.1, 0.15) is 12.4 Å². The van der Waals surface area contributed by atoms with Crippen molar-refractivity contribution in [2.45, 2.75) is 38.1 Å². The zero-order valence-corrected chi connectivity index (χ0v) is 15.2. The summed E-state index contributed by atoms with van der Waals surface area (Å²) in [5, 5.41) is 0. The summed E-state index contributed by atoms with van der Waals surface area (Å²) in [6.07, 6.45) is 5.45. The highest BCUT2D eigenvalue weighted by Gasteiger charge is 2.23. The van der Waals surface area contributed by atoms with Crippen LogP contribution in [-0.4, -0.2) is 30.1 Å². The Morgan fingerprint density at radius 3 is 2.96 bits per heavy atom. The van der Waals surface area contributed by atoms with Crippen LogP contribution in [0.15, 0.2) is 36.5 Å². The van der Waals surface area contributed by atoms with Gasteiger partial charge in [-0.2, -0.15) is 0 Å². The normalized spacial score (nSPS) is 16.9. The molecule has 1 atom stereocenters. The lowest BCUT2D eigenvalue weighted by atomic mass is 9.87. The van der Waals surface area contributed by atoms with Gasteiger partial charge < -0.3 is 4.74 Å². The van der Waals surface area contributed by atoms with E-state index in [0.717, 1.165) is 23.6 Å². The van der Waals surface area contributed by atoms with Gasteiger partial charge in [0.15, 0.2) is 0 Å². The Morgan fingerprint density at radius 1 is 1.29 bits per heavy atom. The van der Waals surface area contributed by atoms with Crippen LogP contribution in [0.5, 0.6) is 5.75 Å². The van der Waals surface area contributed by atoms with Crippen LogP contribution in [0, 0.1) is 6.92 Å². The zero-order valence-electron chi connectivity index (χ0n) is 14.5. The smallest absolute Gasteiger partial charge is 0.125 e. The average molecular weight is 345 g/mol. The lowest BCUT2D eigenvalue weighted by Crippen LogP contribution is -2.31. The van der Waals surface area contributed by atoms with Gasteiger partial charge in [0, 0.05) is 24.3 Å². The van der Waals surface area contributed by atoms with Crippen molar-refractivity contribution in [3.63, 3.8) is 0 Å². The molecule has 0 aliphatic heterocycles. The van der Waals surface area contributed by atoms with Crippen LogP contribution in [0.3, 0.4) is 0 Å². The molecule has 0 bridgehead atoms. The monoisotopic (exact) mass is 344 g/mol. The molecule has 24 heavy (non-hydrogen) atoms. The summed E-state index contributed by atoms with van der Waals surface area (Å²) in [6.45, 7) is 3.58. The maximum absolute atomic E-state index is 5.99. The lowest BCUT2D eigenvalue weighted by molar-refractivity contribution is 0.177. The molecule has 0 saturated heterocycles. The number of pyridine rings is 1. The van der Waals surface area contributed by atoms with Crippen LogP contribution in [0.1, 0.15) is 41.3 Å². The van der Waals surface area contributed by atoms with Gasteiger partial charge in [-0.25, -0.2) is 0 Å². The predicted octanol–water partition coefficient (Wildman–Crippen LogP) is 4.52. The number of fused-ring (bicyclic) bond motifs is 1. The number of aromatic nitrogens is 1. The highest BCUT2D eigenvalue weighted by Crippen LogP contribution is 2.33. The second kappa shape index (κ2) is 8.00. The highest BCUT2D eigenvalue weighted by atomic mass is 35.5. The fourth-order valence-electron chi connectivity index (χ4n) is 3.49. The van der Waals surface area contributed by atoms with Gasteiger partial charge in [0.2, 0.25) is 0 Å². The van der Waals surface area contributed by atoms with Gasteiger partial charge in [0.05, 0.1) is 11.6 Å². The van der Waals surface area contributed by atoms with Crippen molar-refractivity contribution < 1.29 is 4.74 Å². The molecule has 0 fully saturated rings. The number of nitrogens with zero attached hydrogens (tertiary/aromatic N) is 2. The van der Waals surface area contributed by atoms with Crippen molar-refractivity contribution in [3.05, 3.63) is 58.9 Å². The molecule has 1 aliphatic rings. The molecule has 4 heteroatoms. The lowest BCUT2D eigenvalue weighted by Gasteiger charge is -2.33. The minimum atomic E-state index is 0.418. The van der Waals surface area contributed by atoms with Crippen LogP contribution < -0.4 is 4.74 Å². The van der Waals surface area contributed by atoms with E-state index in [1.54, 1.807) is 6.20 Å². The van der Waals surface area contributed by atoms with Crippen molar-refractivity contribution in [2.75, 3.05) is 20.2 Å². The number of hydrogen-bond acceptors (Lipinski definition) is 3. The first-order valence-electron chi connectivity index (χ1n) is 8.62. The van der Waals surface area contributed by atoms with Crippen molar-refractivity contribution >= 4 is 11.6 Å². The minimum absolute atomic E-state index is 0.418. The molecule has 3 nitrogen and oxygen atoms in total. The van der Waals surface area contributed by atoms with Gasteiger partial charge in [0.25, 0.3) is 0 Å². The molecule has 0 radical (unpaired) electrons. The molecule has 0 saturated carbocycles. The molecular formula is C20H25ClN2O. The Bertz CT molecular complexity index is 689. The summed E-state index contributed by atoms with van der Waals surface area (Å²) in [5.41, 5.74) is 4.91. The molecule has 2 aromatic rings. The standard InChI is InChI=1S/C20H25ClN2O/c1-15-18(14-21)22-11-10-20(15)24-13-12-23(2)19-9-5-7-16-6-3-4-8-17(16)19/h3-4,6,8,10-11,19H,5,7,9,12-14H2,1-2H3. The van der Waals surface area contributed by atoms with Crippen molar-refractivity contribution in [3.8, 4) is 5.75 Å². The molecule has 1 aromatic heterocycles. The number of halogens is 1. The summed E-state index contributed by atoms with van der Waals surface area (Å²) in [6, 6.07) is 11.2. The van der Waals surface area contributed by atoms with E-state index < -0.39 is 0 Å². The fourth-order valence-corrected chi connectivity index (χ4v) is 3.76. The summed E-state index contributed by atoms with van der Waals surface area (Å²) < 4.78 is 5.99. The van der Waals surface area contributed by atoms with Crippen LogP contribution in [0.2, 0.25) is 0 Å². The molecule has 1 aliphatic carbocycles. The number of benzene rings is 1. The van der Waals surface area contributed by atoms with Crippen molar-refractivity contribution in [2.24, 2.45) is 0 Å². The summed E-state index contributed by atoms with van der Waals surface area (Å²) >= 11 is 5.91. The van der Waals surface area contributed by atoms with Gasteiger partial charge in [-0.15, -0.1) is 11.6 Å². The first-order valence-corrected chi connectivity index (χ1v) is 9.15. The van der Waals surface area contributed by atoms with E-state index >= 15 is 0 Å². The number of aryl methyl sites for hydroxylation is 1. The molecule has 3 rings (SSSR count). The molecule has 1 heterocycles. The number of hydrogen-bond donors (Lipinski definition) is 0. The minimum Gasteiger partial charge on any atom is -0.492 e. The van der Waals surface area contributed by atoms with E-state index in [-0.39, 0.29) is 0 Å². The van der Waals surface area contributed by atoms with E-state index in [0.29, 0.717) is 18.5 Å². The van der Waals surface area contributed by atoms with Crippen LogP contribution >= 0.6 is 11.6 Å². The van der Waals surface area contributed by atoms with Crippen LogP contribution in [0.25, 0.3) is 0 Å². The molecule has 0 spiro atoms. The van der Waals surface area contributed by atoms with Crippen LogP contribution in [-0.2, 0) is 12.3 Å². The fraction of sp³-hybridized carbons (Fsp3) is 0.450. The van der Waals surface area contributed by atoms with E-state index in [1.807, 2.05) is 13.0 Å². The number of likely N-dealkylation sites (N-methyl/N-ethyl adjacent to an activating group) is 1. The molecule has 128 valence electrons. The van der Waals surface area contributed by atoms with Gasteiger partial charge in [-0.1, -0.05) is 24.3 Å². The van der Waals surface area contributed by atoms with Gasteiger partial charge in [-0.05, 0) is 50.4 Å². The quantitative estimate of drug-likeness (QED) is 0.720. The highest BCUT2D eigenvalue weighted by molar-refractivity contribution is 6.17. The molecule has 0 N–H and O–H groups in total. The molecular weight excluding hydrogens is 320 g/mol. The summed E-state index contributed by atoms with van der Waals surface area (Å²) in [7, 11) is 2.19. The van der Waals surface area contributed by atoms with Crippen molar-refractivity contribution in [1.29, 1.82) is 0 Å². The number of ether oxygens (including phenoxy) is 1. The Morgan fingerprint density at radius 2 is 2.12 bits per heavy atom. The Labute approximate surface area is 149 Å². The Kier molecular flexibility index (Phi) is 5.75. The topological polar surface area (TPSA) is 25.4 Å². The third kappa shape index (κ3) is 3.73. The first kappa shape index (κ1) is 17.2. The second-order valence-electron chi connectivity index (χ2n) is 6.45. The van der Waals surface area contributed by atoms with E-state index in [9.17, 15) is 0 Å². The summed E-state index contributed by atoms with van der Waals surface area (Å²) in [4.78, 5) is 6.69. The SMILES string of the molecule is Cc1c(OCCN(C)C2CCCc3ccccc32)ccnc1CCl. The van der Waals surface area contributed by atoms with Gasteiger partial charge >= 0.3 is 0 Å². The second-order valence-corrected chi connectivity index (χ2v) is 6.72. The third-order valence-electron chi connectivity index (χ3n) is 4.96. The van der Waals surface area contributed by atoms with E-state index in [1.165, 1.54) is 30.4 Å². The average Bonchev–Trinajstić information content (AvgIpc) is 2.62. The summed E-state index contributed by atoms with van der Waals surface area (Å²) in [5.74, 6) is 1.31. The molecule has 1 unspecified atom stereocenters. The Balaban J connectivity index is 1.60. The maximum atomic E-state index is 5.99. The predicted molar refractivity (Wildman–Crippen MR) is 98.8 cm³/mol. The van der Waals surface area contributed by atoms with Crippen molar-refractivity contribution in [1.82, 2.24) is 9.88 Å². The Hall–Kier alpha value is -1.58. The largest absolute Gasteiger partial charge is 0.492 e. The van der Waals surface area contributed by atoms with Gasteiger partial charge in [-0.3, -0.25) is 9.88 Å². The number of alkyl halides is 1. The molecule has 0 amide bonds. The number of rotatable bonds is 6. The van der Waals surface area contributed by atoms with Crippen LogP contribution in [0.4, 0.5) is 0 Å². The third-order valence-corrected chi connectivity index (χ3v) is 5.21. The maximum Gasteiger partial charge on any atom is 0.125 e. The van der Waals surface area contributed by atoms with E-state index in [2.05, 4.69) is 41.2 Å². The first-order chi connectivity index (χ1) is 11.7. The zero-order chi connectivity index (χ0) is 16.9.